The van der Waals surface area contributed by atoms with Crippen molar-refractivity contribution < 1.29 is 24.6 Å². The number of nitrogens with zero attached hydrogens (tertiary/aromatic N) is 1. The molecule has 0 bridgehead atoms. The highest BCUT2D eigenvalue weighted by atomic mass is 35.5. The fourth-order valence-electron chi connectivity index (χ4n) is 4.51. The predicted molar refractivity (Wildman–Crippen MR) is 108 cm³/mol. The van der Waals surface area contributed by atoms with Gasteiger partial charge in [-0.25, -0.2) is 0 Å². The van der Waals surface area contributed by atoms with E-state index < -0.39 is 23.1 Å². The van der Waals surface area contributed by atoms with Crippen molar-refractivity contribution in [3.8, 4) is 11.3 Å². The van der Waals surface area contributed by atoms with Crippen LogP contribution in [-0.4, -0.2) is 32.3 Å². The molecular weight excluding hydrogens is 394 g/mol. The number of carbonyl (C=O) groups is 3. The van der Waals surface area contributed by atoms with Crippen molar-refractivity contribution in [1.82, 2.24) is 4.57 Å². The van der Waals surface area contributed by atoms with Gasteiger partial charge in [0.15, 0.2) is 17.3 Å². The number of benzene rings is 1. The van der Waals surface area contributed by atoms with Crippen molar-refractivity contribution in [2.75, 3.05) is 0 Å². The van der Waals surface area contributed by atoms with Crippen LogP contribution in [0.15, 0.2) is 42.0 Å². The Hall–Kier alpha value is -2.86. The standard InChI is InChI=1S/C22H20ClNO5/c23-14-5-3-13(4-6-14)15-7-8-16-20(28)19(17(25)9-10-18(26)27)21(29)22(24(15)16)11-1-2-12-22/h3-8,28H,1-2,9-12H2,(H,26,27). The number of Topliss-reactive ketones (excluding diaryl/α,β-unsaturated/α-hetero) is 2. The van der Waals surface area contributed by atoms with E-state index in [1.54, 1.807) is 18.2 Å². The first-order valence-electron chi connectivity index (χ1n) is 9.57. The Kier molecular flexibility index (Phi) is 4.82. The van der Waals surface area contributed by atoms with Crippen LogP contribution < -0.4 is 0 Å². The van der Waals surface area contributed by atoms with Crippen molar-refractivity contribution in [3.63, 3.8) is 0 Å². The Labute approximate surface area is 172 Å². The van der Waals surface area contributed by atoms with Crippen LogP contribution in [0.3, 0.4) is 0 Å². The lowest BCUT2D eigenvalue weighted by atomic mass is 9.80. The average molecular weight is 414 g/mol. The van der Waals surface area contributed by atoms with Crippen molar-refractivity contribution in [3.05, 3.63) is 52.7 Å². The predicted octanol–water partition coefficient (Wildman–Crippen LogP) is 4.36. The summed E-state index contributed by atoms with van der Waals surface area (Å²) in [5, 5.41) is 20.3. The molecular formula is C22H20ClNO5. The third-order valence-electron chi connectivity index (χ3n) is 5.85. The van der Waals surface area contributed by atoms with Gasteiger partial charge in [0, 0.05) is 17.1 Å². The number of ketones is 2. The summed E-state index contributed by atoms with van der Waals surface area (Å²) in [4.78, 5) is 37.0. The molecule has 1 aromatic carbocycles. The summed E-state index contributed by atoms with van der Waals surface area (Å²) in [6.45, 7) is 0. The molecule has 1 aliphatic heterocycles. The number of halogens is 1. The van der Waals surface area contributed by atoms with Gasteiger partial charge in [0.2, 0.25) is 0 Å². The Morgan fingerprint density at radius 3 is 2.24 bits per heavy atom. The number of aliphatic hydroxyl groups excluding tert-OH is 1. The van der Waals surface area contributed by atoms with Gasteiger partial charge in [0.25, 0.3) is 0 Å². The number of carboxylic acid groups (broad SMARTS) is 1. The normalized spacial score (nSPS) is 17.6. The van der Waals surface area contributed by atoms with Gasteiger partial charge in [-0.3, -0.25) is 14.4 Å². The third kappa shape index (κ3) is 3.08. The molecule has 1 fully saturated rings. The number of hydrogen-bond acceptors (Lipinski definition) is 4. The highest BCUT2D eigenvalue weighted by molar-refractivity contribution is 6.30. The number of aliphatic carboxylic acids is 1. The molecule has 1 aliphatic carbocycles. The Morgan fingerprint density at radius 1 is 1.00 bits per heavy atom. The van der Waals surface area contributed by atoms with Gasteiger partial charge >= 0.3 is 5.97 Å². The summed E-state index contributed by atoms with van der Waals surface area (Å²) in [5.41, 5.74) is 0.842. The number of allylic oxidation sites excluding steroid dienone is 1. The zero-order chi connectivity index (χ0) is 20.8. The zero-order valence-electron chi connectivity index (χ0n) is 15.7. The smallest absolute Gasteiger partial charge is 0.303 e. The largest absolute Gasteiger partial charge is 0.505 e. The van der Waals surface area contributed by atoms with Gasteiger partial charge in [-0.05, 0) is 42.7 Å². The lowest BCUT2D eigenvalue weighted by Crippen LogP contribution is -2.46. The number of aromatic nitrogens is 1. The molecule has 29 heavy (non-hydrogen) atoms. The first-order chi connectivity index (χ1) is 13.8. The SMILES string of the molecule is O=C(O)CCC(=O)C1=C(O)c2ccc(-c3ccc(Cl)cc3)n2C2(CCCC2)C1=O. The molecule has 7 heteroatoms. The van der Waals surface area contributed by atoms with Gasteiger partial charge in [-0.2, -0.15) is 0 Å². The fourth-order valence-corrected chi connectivity index (χ4v) is 4.64. The molecule has 0 radical (unpaired) electrons. The molecule has 1 aromatic heterocycles. The first kappa shape index (κ1) is 19.5. The molecule has 2 aromatic rings. The second kappa shape index (κ2) is 7.19. The molecule has 0 atom stereocenters. The number of carbonyl (C=O) groups excluding carboxylic acids is 2. The van der Waals surface area contributed by atoms with Crippen LogP contribution in [-0.2, 0) is 19.9 Å². The van der Waals surface area contributed by atoms with Crippen LogP contribution in [0.5, 0.6) is 0 Å². The maximum Gasteiger partial charge on any atom is 0.303 e. The topological polar surface area (TPSA) is 96.6 Å². The van der Waals surface area contributed by atoms with E-state index in [1.807, 2.05) is 22.8 Å². The maximum atomic E-state index is 13.5. The number of fused-ring (bicyclic) bond motifs is 2. The van der Waals surface area contributed by atoms with E-state index in [2.05, 4.69) is 0 Å². The lowest BCUT2D eigenvalue weighted by molar-refractivity contribution is -0.138. The molecule has 0 unspecified atom stereocenters. The van der Waals surface area contributed by atoms with Crippen LogP contribution in [0.25, 0.3) is 17.0 Å². The highest BCUT2D eigenvalue weighted by Crippen LogP contribution is 2.48. The summed E-state index contributed by atoms with van der Waals surface area (Å²) >= 11 is 6.00. The van der Waals surface area contributed by atoms with E-state index in [0.29, 0.717) is 23.6 Å². The summed E-state index contributed by atoms with van der Waals surface area (Å²) in [7, 11) is 0. The number of carboxylic acids is 1. The molecule has 2 N–H and O–H groups in total. The molecule has 0 amide bonds. The summed E-state index contributed by atoms with van der Waals surface area (Å²) in [6, 6.07) is 10.8. The number of aliphatic hydroxyl groups is 1. The van der Waals surface area contributed by atoms with Crippen LogP contribution in [0, 0.1) is 0 Å². The van der Waals surface area contributed by atoms with Crippen LogP contribution in [0.1, 0.15) is 44.2 Å². The third-order valence-corrected chi connectivity index (χ3v) is 6.11. The number of rotatable bonds is 5. The van der Waals surface area contributed by atoms with E-state index in [4.69, 9.17) is 16.7 Å². The molecule has 6 nitrogen and oxygen atoms in total. The molecule has 0 saturated heterocycles. The summed E-state index contributed by atoms with van der Waals surface area (Å²) in [6.07, 6.45) is 2.10. The quantitative estimate of drug-likeness (QED) is 0.710. The maximum absolute atomic E-state index is 13.5. The van der Waals surface area contributed by atoms with Gasteiger partial charge < -0.3 is 14.8 Å². The lowest BCUT2D eigenvalue weighted by Gasteiger charge is -2.37. The van der Waals surface area contributed by atoms with E-state index in [0.717, 1.165) is 24.1 Å². The summed E-state index contributed by atoms with van der Waals surface area (Å²) < 4.78 is 1.86. The van der Waals surface area contributed by atoms with Crippen molar-refractivity contribution in [2.24, 2.45) is 0 Å². The Balaban J connectivity index is 1.88. The van der Waals surface area contributed by atoms with Crippen LogP contribution >= 0.6 is 11.6 Å². The molecule has 4 rings (SSSR count). The van der Waals surface area contributed by atoms with Crippen molar-refractivity contribution in [1.29, 1.82) is 0 Å². The van der Waals surface area contributed by atoms with Crippen molar-refractivity contribution >= 4 is 34.9 Å². The zero-order valence-corrected chi connectivity index (χ0v) is 16.4. The Bertz CT molecular complexity index is 1040. The molecule has 2 heterocycles. The van der Waals surface area contributed by atoms with Crippen molar-refractivity contribution in [2.45, 2.75) is 44.1 Å². The summed E-state index contributed by atoms with van der Waals surface area (Å²) in [5.74, 6) is -2.53. The van der Waals surface area contributed by atoms with Gasteiger partial charge in [-0.1, -0.05) is 36.6 Å². The van der Waals surface area contributed by atoms with Crippen LogP contribution in [0.2, 0.25) is 5.02 Å². The minimum atomic E-state index is -1.12. The minimum Gasteiger partial charge on any atom is -0.505 e. The van der Waals surface area contributed by atoms with Crippen LogP contribution in [0.4, 0.5) is 0 Å². The second-order valence-electron chi connectivity index (χ2n) is 7.55. The fraction of sp³-hybridized carbons (Fsp3) is 0.318. The molecule has 150 valence electrons. The van der Waals surface area contributed by atoms with Gasteiger partial charge in [0.1, 0.15) is 11.1 Å². The molecule has 2 aliphatic rings. The average Bonchev–Trinajstić information content (AvgIpc) is 3.34. The second-order valence-corrected chi connectivity index (χ2v) is 7.99. The van der Waals surface area contributed by atoms with E-state index in [9.17, 15) is 19.5 Å². The van der Waals surface area contributed by atoms with E-state index in [1.165, 1.54) is 0 Å². The van der Waals surface area contributed by atoms with Gasteiger partial charge in [-0.15, -0.1) is 0 Å². The molecule has 1 spiro atoms. The van der Waals surface area contributed by atoms with E-state index in [-0.39, 0.29) is 24.2 Å². The van der Waals surface area contributed by atoms with E-state index >= 15 is 0 Å². The highest BCUT2D eigenvalue weighted by Gasteiger charge is 2.51. The first-order valence-corrected chi connectivity index (χ1v) is 9.94. The number of hydrogen-bond donors (Lipinski definition) is 2. The molecule has 1 saturated carbocycles. The Morgan fingerprint density at radius 2 is 1.62 bits per heavy atom. The monoisotopic (exact) mass is 413 g/mol. The van der Waals surface area contributed by atoms with Gasteiger partial charge in [0.05, 0.1) is 12.1 Å². The minimum absolute atomic E-state index is 0.263.